The van der Waals surface area contributed by atoms with Crippen LogP contribution in [-0.4, -0.2) is 57.4 Å². The highest BCUT2D eigenvalue weighted by Gasteiger charge is 2.43. The number of nitrogens with zero attached hydrogens (tertiary/aromatic N) is 6. The molecule has 0 saturated heterocycles. The number of esters is 2. The first-order chi connectivity index (χ1) is 31.8. The summed E-state index contributed by atoms with van der Waals surface area (Å²) in [4.78, 5) is 39.3. The third-order valence-corrected chi connectivity index (χ3v) is 12.2. The van der Waals surface area contributed by atoms with Gasteiger partial charge in [-0.15, -0.1) is 10.2 Å². The van der Waals surface area contributed by atoms with Crippen LogP contribution >= 0.6 is 0 Å². The molecule has 0 bridgehead atoms. The zero-order valence-electron chi connectivity index (χ0n) is 41.3. The largest absolute Gasteiger partial charge is 0.494 e. The molecule has 3 rings (SSSR count). The first-order valence-electron chi connectivity index (χ1n) is 24.3. The van der Waals surface area contributed by atoms with Gasteiger partial charge in [0, 0.05) is 36.5 Å². The Morgan fingerprint density at radius 2 is 1.05 bits per heavy atom. The fraction of sp³-hybridized carbons (Fsp3) is 0.615. The van der Waals surface area contributed by atoms with E-state index in [2.05, 4.69) is 32.3 Å². The van der Waals surface area contributed by atoms with E-state index in [4.69, 9.17) is 18.9 Å². The Hall–Kier alpha value is -5.40. The Balaban J connectivity index is 1.41. The number of likely N-dealkylation sites (N-methyl/N-ethyl adjacent to an activating group) is 1. The van der Waals surface area contributed by atoms with Crippen molar-refractivity contribution in [2.75, 3.05) is 45.4 Å². The number of carbonyl (C=O) groups is 2. The molecule has 0 spiro atoms. The van der Waals surface area contributed by atoms with Gasteiger partial charge < -0.3 is 23.8 Å². The molecule has 14 heteroatoms. The van der Waals surface area contributed by atoms with E-state index in [0.29, 0.717) is 66.8 Å². The number of benzene rings is 3. The number of rotatable bonds is 34. The van der Waals surface area contributed by atoms with Gasteiger partial charge >= 0.3 is 11.9 Å². The maximum atomic E-state index is 13.4. The molecule has 3 aromatic rings. The number of anilines is 1. The summed E-state index contributed by atoms with van der Waals surface area (Å²) in [6.45, 7) is 13.6. The second kappa shape index (κ2) is 30.0. The zero-order chi connectivity index (χ0) is 48.2. The molecule has 3 aromatic carbocycles. The molecule has 0 fully saturated rings. The number of nitro benzene ring substituents is 1. The van der Waals surface area contributed by atoms with Crippen molar-refractivity contribution in [3.63, 3.8) is 0 Å². The smallest absolute Gasteiger partial charge is 0.311 e. The number of ether oxygens (including phenoxy) is 4. The van der Waals surface area contributed by atoms with Crippen LogP contribution in [0.25, 0.3) is 0 Å². The fourth-order valence-corrected chi connectivity index (χ4v) is 7.91. The lowest BCUT2D eigenvalue weighted by Crippen LogP contribution is -2.39. The molecular formula is C52H78N6O8. The molecule has 1 atom stereocenters. The van der Waals surface area contributed by atoms with Gasteiger partial charge in [-0.25, -0.2) is 0 Å². The lowest BCUT2D eigenvalue weighted by Gasteiger charge is -2.34. The SMILES string of the molecule is CCCCCCCCCCCCCCCCCCOC(=O)C(C)(CC)CC(C)(C)C(=O)OCCN(CC)c1ccc(N=Nc2cc(OC)c(N=Nc3ccc([N+](=O)[O-])cc3)cc2OC)cc1. The number of hydrogen-bond acceptors (Lipinski definition) is 13. The minimum atomic E-state index is -0.881. The Morgan fingerprint density at radius 3 is 1.47 bits per heavy atom. The summed E-state index contributed by atoms with van der Waals surface area (Å²) in [5.41, 5.74) is 1.04. The average Bonchev–Trinajstić information content (AvgIpc) is 3.32. The van der Waals surface area contributed by atoms with Crippen LogP contribution in [0.4, 0.5) is 34.1 Å². The minimum Gasteiger partial charge on any atom is -0.494 e. The maximum Gasteiger partial charge on any atom is 0.311 e. The number of methoxy groups -OCH3 is 2. The van der Waals surface area contributed by atoms with Gasteiger partial charge in [0.1, 0.15) is 29.5 Å². The summed E-state index contributed by atoms with van der Waals surface area (Å²) in [6, 6.07) is 16.5. The van der Waals surface area contributed by atoms with Crippen molar-refractivity contribution in [2.45, 2.75) is 157 Å². The first-order valence-corrected chi connectivity index (χ1v) is 24.3. The second-order valence-corrected chi connectivity index (χ2v) is 18.0. The van der Waals surface area contributed by atoms with Crippen LogP contribution in [0.3, 0.4) is 0 Å². The van der Waals surface area contributed by atoms with E-state index in [1.807, 2.05) is 58.9 Å². The normalized spacial score (nSPS) is 12.6. The quantitative estimate of drug-likeness (QED) is 0.0186. The van der Waals surface area contributed by atoms with Crippen molar-refractivity contribution in [2.24, 2.45) is 31.3 Å². The van der Waals surface area contributed by atoms with Crippen molar-refractivity contribution in [1.82, 2.24) is 0 Å². The molecule has 0 aliphatic carbocycles. The minimum absolute atomic E-state index is 0.0406. The molecule has 1 unspecified atom stereocenters. The molecule has 14 nitrogen and oxygen atoms in total. The van der Waals surface area contributed by atoms with E-state index in [9.17, 15) is 19.7 Å². The van der Waals surface area contributed by atoms with Gasteiger partial charge in [-0.05, 0) is 83.4 Å². The molecule has 0 aliphatic rings. The topological polar surface area (TPSA) is 167 Å². The van der Waals surface area contributed by atoms with Gasteiger partial charge in [-0.2, -0.15) is 10.2 Å². The predicted octanol–water partition coefficient (Wildman–Crippen LogP) is 15.4. The Labute approximate surface area is 394 Å². The zero-order valence-corrected chi connectivity index (χ0v) is 41.3. The highest BCUT2D eigenvalue weighted by atomic mass is 16.6. The van der Waals surface area contributed by atoms with Crippen LogP contribution < -0.4 is 14.4 Å². The van der Waals surface area contributed by atoms with E-state index in [-0.39, 0.29) is 24.2 Å². The molecule has 0 amide bonds. The number of azo groups is 2. The number of nitro groups is 1. The molecule has 0 radical (unpaired) electrons. The number of carbonyl (C=O) groups excluding carboxylic acids is 2. The van der Waals surface area contributed by atoms with Crippen molar-refractivity contribution >= 4 is 46.1 Å². The molecule has 66 heavy (non-hydrogen) atoms. The van der Waals surface area contributed by atoms with Crippen LogP contribution in [0.1, 0.15) is 157 Å². The summed E-state index contributed by atoms with van der Waals surface area (Å²) >= 11 is 0. The highest BCUT2D eigenvalue weighted by Crippen LogP contribution is 2.42. The van der Waals surface area contributed by atoms with Crippen LogP contribution in [0.2, 0.25) is 0 Å². The number of non-ortho nitro benzene ring substituents is 1. The van der Waals surface area contributed by atoms with E-state index in [1.165, 1.54) is 128 Å². The van der Waals surface area contributed by atoms with Gasteiger partial charge in [0.2, 0.25) is 0 Å². The van der Waals surface area contributed by atoms with Gasteiger partial charge in [-0.3, -0.25) is 19.7 Å². The molecule has 364 valence electrons. The Kier molecular flexibility index (Phi) is 25.0. The van der Waals surface area contributed by atoms with Crippen LogP contribution in [0.5, 0.6) is 11.5 Å². The van der Waals surface area contributed by atoms with E-state index in [0.717, 1.165) is 18.5 Å². The standard InChI is InChI=1S/C52H78N6O8/c1-9-12-13-14-15-16-17-18-19-20-21-22-23-24-25-26-36-65-50(60)52(6,10-2)40-51(4,5)49(59)66-37-35-57(11-3)43-31-27-41(28-32-43)53-55-45-38-48(64-8)46(39-47(45)63-7)56-54-42-29-33-44(34-30-42)58(61)62/h27-34,38-39H,9-26,35-37,40H2,1-8H3. The molecule has 0 aliphatic heterocycles. The molecule has 0 heterocycles. The van der Waals surface area contributed by atoms with Gasteiger partial charge in [0.05, 0.1) is 54.5 Å². The lowest BCUT2D eigenvalue weighted by molar-refractivity contribution is -0.384. The van der Waals surface area contributed by atoms with Crippen molar-refractivity contribution in [1.29, 1.82) is 0 Å². The van der Waals surface area contributed by atoms with Crippen LogP contribution in [-0.2, 0) is 19.1 Å². The van der Waals surface area contributed by atoms with Crippen molar-refractivity contribution in [3.8, 4) is 11.5 Å². The fourth-order valence-electron chi connectivity index (χ4n) is 7.91. The summed E-state index contributed by atoms with van der Waals surface area (Å²) in [5.74, 6) is 0.187. The average molecular weight is 915 g/mol. The van der Waals surface area contributed by atoms with Gasteiger partial charge in [0.15, 0.2) is 0 Å². The Bertz CT molecular complexity index is 1950. The van der Waals surface area contributed by atoms with Gasteiger partial charge in [-0.1, -0.05) is 110 Å². The number of unbranched alkanes of at least 4 members (excludes halogenated alkanes) is 15. The Morgan fingerprint density at radius 1 is 0.606 bits per heavy atom. The summed E-state index contributed by atoms with van der Waals surface area (Å²) in [6.07, 6.45) is 21.6. The maximum absolute atomic E-state index is 13.4. The molecule has 0 saturated carbocycles. The van der Waals surface area contributed by atoms with Crippen molar-refractivity contribution in [3.05, 3.63) is 70.8 Å². The monoisotopic (exact) mass is 915 g/mol. The van der Waals surface area contributed by atoms with Crippen molar-refractivity contribution < 1.29 is 33.5 Å². The lowest BCUT2D eigenvalue weighted by atomic mass is 9.72. The third-order valence-electron chi connectivity index (χ3n) is 12.2. The molecule has 0 aromatic heterocycles. The molecular weight excluding hydrogens is 837 g/mol. The number of hydrogen-bond donors (Lipinski definition) is 0. The second-order valence-electron chi connectivity index (χ2n) is 18.0. The highest BCUT2D eigenvalue weighted by molar-refractivity contribution is 5.80. The van der Waals surface area contributed by atoms with Gasteiger partial charge in [0.25, 0.3) is 5.69 Å². The van der Waals surface area contributed by atoms with E-state index >= 15 is 0 Å². The van der Waals surface area contributed by atoms with E-state index < -0.39 is 15.8 Å². The predicted molar refractivity (Wildman–Crippen MR) is 264 cm³/mol. The summed E-state index contributed by atoms with van der Waals surface area (Å²) < 4.78 is 22.7. The summed E-state index contributed by atoms with van der Waals surface area (Å²) in [5, 5.41) is 28.2. The first kappa shape index (κ1) is 54.9. The summed E-state index contributed by atoms with van der Waals surface area (Å²) in [7, 11) is 3.00. The third kappa shape index (κ3) is 19.2. The van der Waals surface area contributed by atoms with E-state index in [1.54, 1.807) is 12.1 Å². The van der Waals surface area contributed by atoms with Crippen LogP contribution in [0.15, 0.2) is 81.1 Å². The van der Waals surface area contributed by atoms with Crippen LogP contribution in [0, 0.1) is 20.9 Å². The molecule has 0 N–H and O–H groups in total.